The summed E-state index contributed by atoms with van der Waals surface area (Å²) in [5.74, 6) is 0.678. The van der Waals surface area contributed by atoms with E-state index in [4.69, 9.17) is 9.15 Å². The third kappa shape index (κ3) is 2.90. The first-order chi connectivity index (χ1) is 14.7. The van der Waals surface area contributed by atoms with Gasteiger partial charge in [0.2, 0.25) is 5.43 Å². The van der Waals surface area contributed by atoms with Crippen LogP contribution < -0.4 is 10.2 Å². The van der Waals surface area contributed by atoms with Crippen molar-refractivity contribution in [2.24, 2.45) is 0 Å². The van der Waals surface area contributed by atoms with Crippen molar-refractivity contribution in [2.45, 2.75) is 0 Å². The molecule has 146 valence electrons. The molecular formula is C26H18O4. The highest BCUT2D eigenvalue weighted by atomic mass is 16.5. The van der Waals surface area contributed by atoms with Gasteiger partial charge in [-0.25, -0.2) is 0 Å². The highest BCUT2D eigenvalue weighted by molar-refractivity contribution is 5.99. The lowest BCUT2D eigenvalue weighted by atomic mass is 9.92. The van der Waals surface area contributed by atoms with Crippen LogP contribution in [0.1, 0.15) is 0 Å². The molecule has 0 aliphatic rings. The van der Waals surface area contributed by atoms with Crippen molar-refractivity contribution in [3.63, 3.8) is 0 Å². The van der Waals surface area contributed by atoms with Crippen molar-refractivity contribution in [2.75, 3.05) is 7.11 Å². The second kappa shape index (κ2) is 7.08. The summed E-state index contributed by atoms with van der Waals surface area (Å²) in [6.07, 6.45) is 0. The van der Waals surface area contributed by atoms with E-state index in [1.54, 1.807) is 19.2 Å². The largest absolute Gasteiger partial charge is 0.507 e. The second-order valence-corrected chi connectivity index (χ2v) is 7.07. The fraction of sp³-hybridized carbons (Fsp3) is 0.0385. The van der Waals surface area contributed by atoms with Crippen LogP contribution >= 0.6 is 0 Å². The van der Waals surface area contributed by atoms with E-state index in [0.29, 0.717) is 16.6 Å². The smallest absolute Gasteiger partial charge is 0.204 e. The summed E-state index contributed by atoms with van der Waals surface area (Å²) < 4.78 is 11.3. The molecule has 0 unspecified atom stereocenters. The molecule has 0 spiro atoms. The first-order valence-corrected chi connectivity index (χ1v) is 9.58. The van der Waals surface area contributed by atoms with Gasteiger partial charge in [0.15, 0.2) is 0 Å². The van der Waals surface area contributed by atoms with Crippen LogP contribution in [0.4, 0.5) is 0 Å². The molecule has 0 radical (unpaired) electrons. The van der Waals surface area contributed by atoms with Crippen LogP contribution in [-0.2, 0) is 0 Å². The summed E-state index contributed by atoms with van der Waals surface area (Å²) in [5, 5.41) is 10.8. The summed E-state index contributed by atoms with van der Waals surface area (Å²) >= 11 is 0. The monoisotopic (exact) mass is 394 g/mol. The molecular weight excluding hydrogens is 376 g/mol. The Morgan fingerprint density at radius 3 is 2.20 bits per heavy atom. The van der Waals surface area contributed by atoms with E-state index in [-0.39, 0.29) is 16.6 Å². The standard InChI is InChI=1S/C26H18O4/c1-29-18-12-10-17(11-13-18)19-14-21-24(15-20(19)16-6-3-2-4-7-16)30-23-9-5-8-22(27)25(23)26(21)28/h2-15,27H,1H3. The van der Waals surface area contributed by atoms with Gasteiger partial charge in [-0.2, -0.15) is 0 Å². The van der Waals surface area contributed by atoms with Crippen LogP contribution in [0, 0.1) is 0 Å². The van der Waals surface area contributed by atoms with Crippen LogP contribution in [0.25, 0.3) is 44.2 Å². The lowest BCUT2D eigenvalue weighted by Gasteiger charge is -2.13. The Morgan fingerprint density at radius 1 is 0.767 bits per heavy atom. The van der Waals surface area contributed by atoms with Gasteiger partial charge < -0.3 is 14.3 Å². The molecule has 0 atom stereocenters. The van der Waals surface area contributed by atoms with Gasteiger partial charge in [-0.1, -0.05) is 48.5 Å². The molecule has 5 aromatic rings. The van der Waals surface area contributed by atoms with Gasteiger partial charge in [-0.3, -0.25) is 4.79 Å². The van der Waals surface area contributed by atoms with Gasteiger partial charge in [-0.15, -0.1) is 0 Å². The molecule has 4 aromatic carbocycles. The molecule has 5 rings (SSSR count). The minimum atomic E-state index is -0.251. The molecule has 0 aliphatic carbocycles. The zero-order valence-electron chi connectivity index (χ0n) is 16.3. The number of benzene rings is 4. The Hall–Kier alpha value is -4.05. The van der Waals surface area contributed by atoms with Crippen LogP contribution in [-0.4, -0.2) is 12.2 Å². The van der Waals surface area contributed by atoms with Gasteiger partial charge in [0.25, 0.3) is 0 Å². The molecule has 4 nitrogen and oxygen atoms in total. The van der Waals surface area contributed by atoms with Crippen LogP contribution in [0.2, 0.25) is 0 Å². The van der Waals surface area contributed by atoms with E-state index in [1.165, 1.54) is 6.07 Å². The molecule has 1 N–H and O–H groups in total. The Bertz CT molecular complexity index is 1430. The fourth-order valence-corrected chi connectivity index (χ4v) is 3.79. The lowest BCUT2D eigenvalue weighted by Crippen LogP contribution is -2.03. The molecule has 1 heterocycles. The number of aromatic hydroxyl groups is 1. The van der Waals surface area contributed by atoms with Crippen molar-refractivity contribution in [3.8, 4) is 33.8 Å². The minimum Gasteiger partial charge on any atom is -0.507 e. The normalized spacial score (nSPS) is 11.1. The minimum absolute atomic E-state index is 0.0821. The van der Waals surface area contributed by atoms with Crippen molar-refractivity contribution < 1.29 is 14.3 Å². The zero-order chi connectivity index (χ0) is 20.7. The van der Waals surface area contributed by atoms with Gasteiger partial charge in [0.1, 0.15) is 28.1 Å². The number of hydrogen-bond donors (Lipinski definition) is 1. The number of methoxy groups -OCH3 is 1. The maximum absolute atomic E-state index is 13.2. The van der Waals surface area contributed by atoms with Crippen LogP contribution in [0.15, 0.2) is 94.1 Å². The Kier molecular flexibility index (Phi) is 4.25. The zero-order valence-corrected chi connectivity index (χ0v) is 16.3. The first-order valence-electron chi connectivity index (χ1n) is 9.58. The maximum atomic E-state index is 13.2. The summed E-state index contributed by atoms with van der Waals surface area (Å²) in [4.78, 5) is 13.2. The maximum Gasteiger partial charge on any atom is 0.204 e. The summed E-state index contributed by atoms with van der Waals surface area (Å²) in [6, 6.07) is 26.3. The highest BCUT2D eigenvalue weighted by Crippen LogP contribution is 2.37. The second-order valence-electron chi connectivity index (χ2n) is 7.07. The van der Waals surface area contributed by atoms with Crippen molar-refractivity contribution in [1.82, 2.24) is 0 Å². The number of fused-ring (bicyclic) bond motifs is 2. The number of ether oxygens (including phenoxy) is 1. The topological polar surface area (TPSA) is 59.7 Å². The predicted molar refractivity (Wildman–Crippen MR) is 119 cm³/mol. The van der Waals surface area contributed by atoms with E-state index < -0.39 is 0 Å². The van der Waals surface area contributed by atoms with E-state index in [0.717, 1.165) is 28.0 Å². The average Bonchev–Trinajstić information content (AvgIpc) is 2.79. The van der Waals surface area contributed by atoms with E-state index in [1.807, 2.05) is 66.7 Å². The molecule has 0 fully saturated rings. The SMILES string of the molecule is COc1ccc(-c2cc3c(=O)c4c(O)cccc4oc3cc2-c2ccccc2)cc1. The van der Waals surface area contributed by atoms with Crippen LogP contribution in [0.5, 0.6) is 11.5 Å². The molecule has 1 aromatic heterocycles. The van der Waals surface area contributed by atoms with Crippen molar-refractivity contribution in [3.05, 3.63) is 95.2 Å². The highest BCUT2D eigenvalue weighted by Gasteiger charge is 2.16. The first kappa shape index (κ1) is 18.0. The molecule has 4 heteroatoms. The molecule has 30 heavy (non-hydrogen) atoms. The average molecular weight is 394 g/mol. The van der Waals surface area contributed by atoms with E-state index in [9.17, 15) is 9.90 Å². The van der Waals surface area contributed by atoms with Gasteiger partial charge >= 0.3 is 0 Å². The number of hydrogen-bond acceptors (Lipinski definition) is 4. The number of rotatable bonds is 3. The quantitative estimate of drug-likeness (QED) is 0.382. The summed E-state index contributed by atoms with van der Waals surface area (Å²) in [5.41, 5.74) is 4.42. The molecule has 0 saturated heterocycles. The summed E-state index contributed by atoms with van der Waals surface area (Å²) in [7, 11) is 1.63. The third-order valence-electron chi connectivity index (χ3n) is 5.30. The molecule has 0 amide bonds. The van der Waals surface area contributed by atoms with Gasteiger partial charge in [-0.05, 0) is 58.7 Å². The van der Waals surface area contributed by atoms with Gasteiger partial charge in [0.05, 0.1) is 12.5 Å². The summed E-state index contributed by atoms with van der Waals surface area (Å²) in [6.45, 7) is 0. The molecule has 0 bridgehead atoms. The number of phenols is 1. The fourth-order valence-electron chi connectivity index (χ4n) is 3.79. The van der Waals surface area contributed by atoms with E-state index >= 15 is 0 Å². The predicted octanol–water partition coefficient (Wildman–Crippen LogP) is 5.99. The van der Waals surface area contributed by atoms with Crippen molar-refractivity contribution >= 4 is 21.9 Å². The third-order valence-corrected chi connectivity index (χ3v) is 5.30. The van der Waals surface area contributed by atoms with Gasteiger partial charge in [0, 0.05) is 0 Å². The molecule has 0 aliphatic heterocycles. The van der Waals surface area contributed by atoms with Crippen molar-refractivity contribution in [1.29, 1.82) is 0 Å². The van der Waals surface area contributed by atoms with E-state index in [2.05, 4.69) is 0 Å². The Labute approximate surface area is 172 Å². The lowest BCUT2D eigenvalue weighted by molar-refractivity contribution is 0.415. The van der Waals surface area contributed by atoms with Crippen LogP contribution in [0.3, 0.4) is 0 Å². The Balaban J connectivity index is 1.87. The molecule has 0 saturated carbocycles. The number of phenolic OH excluding ortho intramolecular Hbond substituents is 1. The Morgan fingerprint density at radius 2 is 1.47 bits per heavy atom.